The fraction of sp³-hybridized carbons (Fsp3) is 0.250. The Labute approximate surface area is 244 Å². The second-order valence-electron chi connectivity index (χ2n) is 9.57. The second kappa shape index (κ2) is 12.3. The molecule has 0 spiro atoms. The number of benzene rings is 2. The molecule has 218 valence electrons. The SMILES string of the molecule is CC(=O)NC[C@H]1CN(c2ccc(-c3ccc(N4C[C@H](CNC(=S)Nc5cccnc5)OC4=O)cc3F)c(F)c2)C(=O)O1. The van der Waals surface area contributed by atoms with Gasteiger partial charge >= 0.3 is 12.2 Å². The highest BCUT2D eigenvalue weighted by Crippen LogP contribution is 2.33. The summed E-state index contributed by atoms with van der Waals surface area (Å²) >= 11 is 5.26. The predicted molar refractivity (Wildman–Crippen MR) is 154 cm³/mol. The van der Waals surface area contributed by atoms with E-state index in [4.69, 9.17) is 21.7 Å². The van der Waals surface area contributed by atoms with E-state index in [2.05, 4.69) is 20.9 Å². The smallest absolute Gasteiger partial charge is 0.414 e. The maximum atomic E-state index is 15.2. The van der Waals surface area contributed by atoms with Gasteiger partial charge in [0.1, 0.15) is 23.8 Å². The second-order valence-corrected chi connectivity index (χ2v) is 9.98. The lowest BCUT2D eigenvalue weighted by atomic mass is 10.0. The molecule has 0 unspecified atom stereocenters. The Kier molecular flexibility index (Phi) is 8.43. The Bertz CT molecular complexity index is 1530. The molecule has 0 bridgehead atoms. The lowest BCUT2D eigenvalue weighted by Crippen LogP contribution is -2.37. The number of pyridine rings is 1. The third kappa shape index (κ3) is 6.54. The molecule has 11 nitrogen and oxygen atoms in total. The monoisotopic (exact) mass is 596 g/mol. The van der Waals surface area contributed by atoms with E-state index in [1.165, 1.54) is 41.0 Å². The average molecular weight is 597 g/mol. The number of carbonyl (C=O) groups excluding carboxylic acids is 3. The van der Waals surface area contributed by atoms with Gasteiger partial charge < -0.3 is 25.4 Å². The summed E-state index contributed by atoms with van der Waals surface area (Å²) < 4.78 is 40.9. The highest BCUT2D eigenvalue weighted by Gasteiger charge is 2.34. The molecule has 42 heavy (non-hydrogen) atoms. The van der Waals surface area contributed by atoms with Crippen LogP contribution in [-0.4, -0.2) is 66.6 Å². The number of nitrogens with one attached hydrogen (secondary N) is 3. The Morgan fingerprint density at radius 1 is 0.929 bits per heavy atom. The van der Waals surface area contributed by atoms with Gasteiger partial charge in [-0.1, -0.05) is 0 Å². The first-order valence-electron chi connectivity index (χ1n) is 12.9. The lowest BCUT2D eigenvalue weighted by Gasteiger charge is -2.16. The van der Waals surface area contributed by atoms with Crippen LogP contribution in [0.1, 0.15) is 6.92 Å². The van der Waals surface area contributed by atoms with Crippen LogP contribution >= 0.6 is 12.2 Å². The first-order chi connectivity index (χ1) is 20.2. The van der Waals surface area contributed by atoms with Gasteiger partial charge in [0.2, 0.25) is 5.91 Å². The Balaban J connectivity index is 1.21. The molecule has 3 aromatic rings. The molecule has 0 saturated carbocycles. The fourth-order valence-electron chi connectivity index (χ4n) is 4.53. The minimum atomic E-state index is -0.750. The van der Waals surface area contributed by atoms with E-state index in [9.17, 15) is 14.4 Å². The maximum Gasteiger partial charge on any atom is 0.414 e. The van der Waals surface area contributed by atoms with E-state index in [0.717, 1.165) is 12.1 Å². The van der Waals surface area contributed by atoms with E-state index in [-0.39, 0.29) is 54.6 Å². The summed E-state index contributed by atoms with van der Waals surface area (Å²) in [4.78, 5) is 42.4. The molecule has 3 N–H and O–H groups in total. The predicted octanol–water partition coefficient (Wildman–Crippen LogP) is 3.80. The number of anilines is 3. The van der Waals surface area contributed by atoms with Crippen molar-refractivity contribution in [3.63, 3.8) is 0 Å². The van der Waals surface area contributed by atoms with Crippen molar-refractivity contribution >= 4 is 52.5 Å². The third-order valence-corrected chi connectivity index (χ3v) is 6.80. The Hall–Kier alpha value is -4.85. The fourth-order valence-corrected chi connectivity index (χ4v) is 4.74. The number of ether oxygens (including phenoxy) is 2. The van der Waals surface area contributed by atoms with Crippen molar-refractivity contribution in [2.24, 2.45) is 0 Å². The van der Waals surface area contributed by atoms with Crippen LogP contribution in [0.25, 0.3) is 11.1 Å². The summed E-state index contributed by atoms with van der Waals surface area (Å²) in [6, 6.07) is 11.5. The topological polar surface area (TPSA) is 125 Å². The molecule has 14 heteroatoms. The molecule has 2 aliphatic rings. The number of amides is 3. The van der Waals surface area contributed by atoms with Crippen LogP contribution in [0, 0.1) is 11.6 Å². The first-order valence-corrected chi connectivity index (χ1v) is 13.3. The molecular weight excluding hydrogens is 570 g/mol. The molecule has 2 aliphatic heterocycles. The van der Waals surface area contributed by atoms with Crippen molar-refractivity contribution in [2.75, 3.05) is 41.3 Å². The summed E-state index contributed by atoms with van der Waals surface area (Å²) in [5, 5.41) is 8.85. The molecule has 0 radical (unpaired) electrons. The van der Waals surface area contributed by atoms with E-state index in [0.29, 0.717) is 10.8 Å². The zero-order valence-electron chi connectivity index (χ0n) is 22.3. The summed E-state index contributed by atoms with van der Waals surface area (Å²) in [5.74, 6) is -1.76. The molecule has 3 heterocycles. The average Bonchev–Trinajstić information content (AvgIpc) is 3.53. The van der Waals surface area contributed by atoms with Crippen LogP contribution in [0.4, 0.5) is 35.4 Å². The van der Waals surface area contributed by atoms with Gasteiger partial charge in [-0.05, 0) is 60.7 Å². The summed E-state index contributed by atoms with van der Waals surface area (Å²) in [7, 11) is 0. The van der Waals surface area contributed by atoms with Crippen LogP contribution in [0.5, 0.6) is 0 Å². The van der Waals surface area contributed by atoms with E-state index >= 15 is 8.78 Å². The Morgan fingerprint density at radius 2 is 1.48 bits per heavy atom. The van der Waals surface area contributed by atoms with Gasteiger partial charge in [-0.15, -0.1) is 0 Å². The molecule has 1 aromatic heterocycles. The van der Waals surface area contributed by atoms with Gasteiger partial charge in [0.25, 0.3) is 0 Å². The number of halogens is 2. The number of rotatable bonds is 8. The van der Waals surface area contributed by atoms with Gasteiger partial charge in [-0.3, -0.25) is 19.6 Å². The quantitative estimate of drug-likeness (QED) is 0.333. The normalized spacial score (nSPS) is 18.0. The molecule has 0 aliphatic carbocycles. The summed E-state index contributed by atoms with van der Waals surface area (Å²) in [5.41, 5.74) is 1.14. The number of hydrogen-bond acceptors (Lipinski definition) is 7. The minimum Gasteiger partial charge on any atom is -0.442 e. The van der Waals surface area contributed by atoms with E-state index < -0.39 is 36.0 Å². The van der Waals surface area contributed by atoms with Gasteiger partial charge in [0.15, 0.2) is 5.11 Å². The molecule has 2 fully saturated rings. The summed E-state index contributed by atoms with van der Waals surface area (Å²) in [6.45, 7) is 1.98. The lowest BCUT2D eigenvalue weighted by molar-refractivity contribution is -0.119. The van der Waals surface area contributed by atoms with Crippen molar-refractivity contribution in [3.05, 3.63) is 72.6 Å². The number of hydrogen-bond donors (Lipinski definition) is 3. The van der Waals surface area contributed by atoms with Crippen molar-refractivity contribution in [2.45, 2.75) is 19.1 Å². The number of aromatic nitrogens is 1. The molecule has 3 amide bonds. The molecule has 2 saturated heterocycles. The minimum absolute atomic E-state index is 0.0204. The van der Waals surface area contributed by atoms with Crippen LogP contribution < -0.4 is 25.8 Å². The first kappa shape index (κ1) is 28.7. The number of nitrogens with zero attached hydrogens (tertiary/aromatic N) is 3. The van der Waals surface area contributed by atoms with Crippen molar-refractivity contribution in [1.82, 2.24) is 15.6 Å². The third-order valence-electron chi connectivity index (χ3n) is 6.56. The number of carbonyl (C=O) groups is 3. The van der Waals surface area contributed by atoms with Crippen LogP contribution in [0.2, 0.25) is 0 Å². The largest absolute Gasteiger partial charge is 0.442 e. The summed E-state index contributed by atoms with van der Waals surface area (Å²) in [6.07, 6.45) is 0.795. The highest BCUT2D eigenvalue weighted by molar-refractivity contribution is 7.80. The van der Waals surface area contributed by atoms with Crippen molar-refractivity contribution in [3.8, 4) is 11.1 Å². The zero-order chi connectivity index (χ0) is 29.8. The Morgan fingerprint density at radius 3 is 1.95 bits per heavy atom. The van der Waals surface area contributed by atoms with Crippen LogP contribution in [0.15, 0.2) is 60.9 Å². The van der Waals surface area contributed by atoms with Gasteiger partial charge in [0, 0.05) is 24.2 Å². The van der Waals surface area contributed by atoms with Crippen molar-refractivity contribution < 1.29 is 32.6 Å². The molecule has 2 aromatic carbocycles. The van der Waals surface area contributed by atoms with Gasteiger partial charge in [-0.25, -0.2) is 18.4 Å². The zero-order valence-corrected chi connectivity index (χ0v) is 23.1. The number of cyclic esters (lactones) is 2. The van der Waals surface area contributed by atoms with Gasteiger partial charge in [0.05, 0.1) is 49.4 Å². The standard InChI is InChI=1S/C28H26F2N6O5S/c1-16(37)32-12-20-14-35(27(38)40-20)18-4-6-22(24(29)9-18)23-7-5-19(10-25(23)30)36-15-21(41-28(36)39)13-33-26(42)34-17-3-2-8-31-11-17/h2-11,20-21H,12-15H2,1H3,(H,32,37)(H2,33,34,42)/t20-,21-/m0/s1. The highest BCUT2D eigenvalue weighted by atomic mass is 32.1. The molecular formula is C28H26F2N6O5S. The van der Waals surface area contributed by atoms with Crippen LogP contribution in [-0.2, 0) is 14.3 Å². The maximum absolute atomic E-state index is 15.2. The molecule has 2 atom stereocenters. The van der Waals surface area contributed by atoms with E-state index in [1.54, 1.807) is 24.5 Å². The molecule has 5 rings (SSSR count). The van der Waals surface area contributed by atoms with Crippen molar-refractivity contribution in [1.29, 1.82) is 0 Å². The van der Waals surface area contributed by atoms with E-state index in [1.807, 2.05) is 0 Å². The number of thiocarbonyl (C=S) groups is 1. The van der Waals surface area contributed by atoms with Crippen LogP contribution in [0.3, 0.4) is 0 Å². The van der Waals surface area contributed by atoms with Gasteiger partial charge in [-0.2, -0.15) is 0 Å².